The van der Waals surface area contributed by atoms with Crippen molar-refractivity contribution in [1.29, 1.82) is 0 Å². The third-order valence-corrected chi connectivity index (χ3v) is 5.54. The number of hydrogen-bond acceptors (Lipinski definition) is 4. The molecule has 0 spiro atoms. The van der Waals surface area contributed by atoms with E-state index >= 15 is 0 Å². The van der Waals surface area contributed by atoms with Crippen LogP contribution >= 0.6 is 24.0 Å². The number of nitrogens with one attached hydrogen (secondary N) is 1. The van der Waals surface area contributed by atoms with Gasteiger partial charge in [0.25, 0.3) is 0 Å². The molecule has 5 nitrogen and oxygen atoms in total. The molecule has 1 amide bonds. The van der Waals surface area contributed by atoms with Crippen molar-refractivity contribution < 1.29 is 9.32 Å². The van der Waals surface area contributed by atoms with E-state index in [2.05, 4.69) is 10.5 Å². The Morgan fingerprint density at radius 1 is 1.39 bits per heavy atom. The van der Waals surface area contributed by atoms with Crippen LogP contribution in [0.15, 0.2) is 4.52 Å². The lowest BCUT2D eigenvalue weighted by Gasteiger charge is -2.45. The van der Waals surface area contributed by atoms with Crippen molar-refractivity contribution in [1.82, 2.24) is 10.5 Å². The Kier molecular flexibility index (Phi) is 6.34. The van der Waals surface area contributed by atoms with E-state index in [1.54, 1.807) is 0 Å². The van der Waals surface area contributed by atoms with Crippen LogP contribution < -0.4 is 11.1 Å². The highest BCUT2D eigenvalue weighted by atomic mass is 35.5. The summed E-state index contributed by atoms with van der Waals surface area (Å²) in [6.07, 6.45) is 6.71. The van der Waals surface area contributed by atoms with Crippen molar-refractivity contribution in [3.8, 4) is 0 Å². The predicted octanol–water partition coefficient (Wildman–Crippen LogP) is 3.01. The van der Waals surface area contributed by atoms with Gasteiger partial charge in [0.1, 0.15) is 0 Å². The van der Waals surface area contributed by atoms with Gasteiger partial charge >= 0.3 is 0 Å². The second-order valence-electron chi connectivity index (χ2n) is 6.80. The van der Waals surface area contributed by atoms with Gasteiger partial charge in [-0.25, -0.2) is 0 Å². The molecule has 23 heavy (non-hydrogen) atoms. The molecular formula is C16H25Cl2N3O2. The average molecular weight is 362 g/mol. The zero-order chi connectivity index (χ0) is 15.7. The van der Waals surface area contributed by atoms with Crippen LogP contribution in [0.3, 0.4) is 0 Å². The van der Waals surface area contributed by atoms with Crippen LogP contribution in [0.2, 0.25) is 5.22 Å². The van der Waals surface area contributed by atoms with E-state index < -0.39 is 0 Å². The van der Waals surface area contributed by atoms with E-state index in [0.29, 0.717) is 42.0 Å². The first-order chi connectivity index (χ1) is 10.5. The van der Waals surface area contributed by atoms with Gasteiger partial charge in [0.15, 0.2) is 0 Å². The lowest BCUT2D eigenvalue weighted by molar-refractivity contribution is -0.123. The van der Waals surface area contributed by atoms with Gasteiger partial charge in [0.05, 0.1) is 5.69 Å². The summed E-state index contributed by atoms with van der Waals surface area (Å²) in [5, 5.41) is 7.36. The fourth-order valence-corrected chi connectivity index (χ4v) is 4.43. The molecule has 2 unspecified atom stereocenters. The quantitative estimate of drug-likeness (QED) is 0.863. The van der Waals surface area contributed by atoms with Gasteiger partial charge in [-0.3, -0.25) is 4.79 Å². The van der Waals surface area contributed by atoms with E-state index in [0.717, 1.165) is 24.1 Å². The minimum atomic E-state index is 0. The van der Waals surface area contributed by atoms with Crippen molar-refractivity contribution in [2.75, 3.05) is 0 Å². The maximum atomic E-state index is 12.3. The van der Waals surface area contributed by atoms with Crippen molar-refractivity contribution in [2.45, 2.75) is 64.0 Å². The third kappa shape index (κ3) is 4.20. The van der Waals surface area contributed by atoms with Crippen molar-refractivity contribution in [3.63, 3.8) is 0 Å². The minimum Gasteiger partial charge on any atom is -0.353 e. The van der Waals surface area contributed by atoms with Crippen LogP contribution in [0.4, 0.5) is 0 Å². The molecule has 2 aliphatic rings. The summed E-state index contributed by atoms with van der Waals surface area (Å²) in [5.74, 6) is 1.19. The highest BCUT2D eigenvalue weighted by Gasteiger charge is 2.39. The Morgan fingerprint density at radius 2 is 2.04 bits per heavy atom. The number of carbonyl (C=O) groups excluding carboxylic acids is 1. The maximum Gasteiger partial charge on any atom is 0.229 e. The van der Waals surface area contributed by atoms with Crippen LogP contribution in [-0.4, -0.2) is 23.1 Å². The highest BCUT2D eigenvalue weighted by molar-refractivity contribution is 6.29. The summed E-state index contributed by atoms with van der Waals surface area (Å²) >= 11 is 5.94. The number of hydrogen-bond donors (Lipinski definition) is 2. The third-order valence-electron chi connectivity index (χ3n) is 5.24. The van der Waals surface area contributed by atoms with Crippen LogP contribution in [0, 0.1) is 18.8 Å². The number of amides is 1. The summed E-state index contributed by atoms with van der Waals surface area (Å²) in [5.41, 5.74) is 7.73. The number of fused-ring (bicyclic) bond motifs is 2. The van der Waals surface area contributed by atoms with E-state index in [1.165, 1.54) is 19.3 Å². The van der Waals surface area contributed by atoms with Crippen LogP contribution in [0.1, 0.15) is 49.8 Å². The van der Waals surface area contributed by atoms with E-state index in [4.69, 9.17) is 21.9 Å². The lowest BCUT2D eigenvalue weighted by atomic mass is 9.67. The zero-order valence-electron chi connectivity index (χ0n) is 13.4. The van der Waals surface area contributed by atoms with E-state index in [9.17, 15) is 4.79 Å². The smallest absolute Gasteiger partial charge is 0.229 e. The lowest BCUT2D eigenvalue weighted by Crippen LogP contribution is -2.53. The molecule has 2 aliphatic carbocycles. The Bertz CT molecular complexity index is 516. The molecule has 7 heteroatoms. The predicted molar refractivity (Wildman–Crippen MR) is 91.8 cm³/mol. The number of aryl methyl sites for hydroxylation is 1. The fourth-order valence-electron chi connectivity index (χ4n) is 4.16. The number of halogens is 2. The Hall–Kier alpha value is -0.780. The van der Waals surface area contributed by atoms with Gasteiger partial charge in [-0.2, -0.15) is 0 Å². The van der Waals surface area contributed by atoms with Crippen LogP contribution in [-0.2, 0) is 11.2 Å². The normalized spacial score (nSPS) is 29.7. The summed E-state index contributed by atoms with van der Waals surface area (Å²) in [6.45, 7) is 1.84. The number of aromatic nitrogens is 1. The highest BCUT2D eigenvalue weighted by Crippen LogP contribution is 2.39. The number of rotatable bonds is 4. The first kappa shape index (κ1) is 18.6. The first-order valence-electron chi connectivity index (χ1n) is 8.20. The number of nitrogens with zero attached hydrogens (tertiary/aromatic N) is 1. The van der Waals surface area contributed by atoms with Crippen LogP contribution in [0.5, 0.6) is 0 Å². The molecule has 2 fully saturated rings. The van der Waals surface area contributed by atoms with Gasteiger partial charge in [0, 0.05) is 24.1 Å². The standard InChI is InChI=1S/C16H24ClN3O2.ClH/c1-9-13(16(17)22-20-9)5-6-14(21)19-15-10-3-2-4-11(15)8-12(18)7-10;/h10-12,15H,2-8,18H2,1H3,(H,19,21);1H. The minimum absolute atomic E-state index is 0. The number of nitrogens with two attached hydrogens (primary N) is 1. The molecule has 130 valence electrons. The Balaban J connectivity index is 0.00000192. The molecule has 0 saturated heterocycles. The van der Waals surface area contributed by atoms with Gasteiger partial charge in [-0.05, 0) is 62.5 Å². The fraction of sp³-hybridized carbons (Fsp3) is 0.750. The Labute approximate surface area is 148 Å². The topological polar surface area (TPSA) is 81.2 Å². The summed E-state index contributed by atoms with van der Waals surface area (Å²) in [6, 6.07) is 0.613. The van der Waals surface area contributed by atoms with Crippen molar-refractivity contribution in [2.24, 2.45) is 17.6 Å². The van der Waals surface area contributed by atoms with E-state index in [1.807, 2.05) is 6.92 Å². The van der Waals surface area contributed by atoms with Gasteiger partial charge in [-0.15, -0.1) is 12.4 Å². The largest absolute Gasteiger partial charge is 0.353 e. The molecular weight excluding hydrogens is 337 g/mol. The summed E-state index contributed by atoms with van der Waals surface area (Å²) < 4.78 is 4.92. The monoisotopic (exact) mass is 361 g/mol. The summed E-state index contributed by atoms with van der Waals surface area (Å²) in [7, 11) is 0. The molecule has 2 bridgehead atoms. The second kappa shape index (κ2) is 7.86. The number of carbonyl (C=O) groups is 1. The second-order valence-corrected chi connectivity index (χ2v) is 7.14. The molecule has 2 atom stereocenters. The molecule has 3 N–H and O–H groups in total. The summed E-state index contributed by atoms with van der Waals surface area (Å²) in [4.78, 5) is 12.3. The van der Waals surface area contributed by atoms with Gasteiger partial charge in [0.2, 0.25) is 11.1 Å². The first-order valence-corrected chi connectivity index (χ1v) is 8.58. The van der Waals surface area contributed by atoms with Gasteiger partial charge in [-0.1, -0.05) is 11.6 Å². The van der Waals surface area contributed by atoms with Crippen LogP contribution in [0.25, 0.3) is 0 Å². The van der Waals surface area contributed by atoms with E-state index in [-0.39, 0.29) is 18.3 Å². The van der Waals surface area contributed by atoms with Crippen molar-refractivity contribution >= 4 is 29.9 Å². The molecule has 1 heterocycles. The molecule has 1 aromatic rings. The molecule has 3 rings (SSSR count). The average Bonchev–Trinajstić information content (AvgIpc) is 2.77. The molecule has 1 aromatic heterocycles. The van der Waals surface area contributed by atoms with Gasteiger partial charge < -0.3 is 15.6 Å². The van der Waals surface area contributed by atoms with Crippen molar-refractivity contribution in [3.05, 3.63) is 16.5 Å². The maximum absolute atomic E-state index is 12.3. The Morgan fingerprint density at radius 3 is 2.61 bits per heavy atom. The SMILES string of the molecule is Cc1noc(Cl)c1CCC(=O)NC1C2CCCC1CC(N)C2.Cl. The molecule has 2 saturated carbocycles. The molecule has 0 aliphatic heterocycles. The zero-order valence-corrected chi connectivity index (χ0v) is 15.0. The molecule has 0 radical (unpaired) electrons. The molecule has 0 aromatic carbocycles.